The predicted octanol–water partition coefficient (Wildman–Crippen LogP) is 5.18. The Morgan fingerprint density at radius 1 is 0.842 bits per heavy atom. The molecule has 0 aliphatic rings. The van der Waals surface area contributed by atoms with E-state index in [-0.39, 0.29) is 0 Å². The van der Waals surface area contributed by atoms with E-state index in [1.807, 2.05) is 42.5 Å². The average Bonchev–Trinajstić information content (AvgIpc) is 2.80. The van der Waals surface area contributed by atoms with E-state index in [0.29, 0.717) is 10.0 Å². The Labute approximate surface area is 119 Å². The number of pyridine rings is 1. The summed E-state index contributed by atoms with van der Waals surface area (Å²) in [5.74, 6) is 0. The molecule has 19 heavy (non-hydrogen) atoms. The van der Waals surface area contributed by atoms with Gasteiger partial charge in [-0.25, -0.2) is 4.98 Å². The zero-order valence-corrected chi connectivity index (χ0v) is 11.3. The summed E-state index contributed by atoms with van der Waals surface area (Å²) < 4.78 is 0. The van der Waals surface area contributed by atoms with E-state index in [0.717, 1.165) is 32.8 Å². The lowest BCUT2D eigenvalue weighted by Gasteiger charge is -2.01. The monoisotopic (exact) mass is 286 g/mol. The molecule has 0 aliphatic heterocycles. The van der Waals surface area contributed by atoms with Crippen LogP contribution in [0, 0.1) is 0 Å². The molecule has 0 unspecified atom stereocenters. The van der Waals surface area contributed by atoms with E-state index in [9.17, 15) is 0 Å². The molecular weight excluding hydrogens is 279 g/mol. The van der Waals surface area contributed by atoms with Gasteiger partial charge in [-0.05, 0) is 12.1 Å². The van der Waals surface area contributed by atoms with Gasteiger partial charge in [0.1, 0.15) is 0 Å². The number of benzene rings is 2. The Kier molecular flexibility index (Phi) is 2.25. The van der Waals surface area contributed by atoms with E-state index in [4.69, 9.17) is 28.2 Å². The highest BCUT2D eigenvalue weighted by Gasteiger charge is 2.13. The van der Waals surface area contributed by atoms with Gasteiger partial charge in [-0.15, -0.1) is 0 Å². The van der Waals surface area contributed by atoms with Crippen molar-refractivity contribution in [2.75, 3.05) is 0 Å². The van der Waals surface area contributed by atoms with Gasteiger partial charge in [-0.1, -0.05) is 53.5 Å². The molecule has 0 amide bonds. The maximum absolute atomic E-state index is 6.48. The number of hydrogen-bond acceptors (Lipinski definition) is 1. The summed E-state index contributed by atoms with van der Waals surface area (Å²) in [6.45, 7) is 0. The van der Waals surface area contributed by atoms with Crippen LogP contribution in [0.4, 0.5) is 0 Å². The van der Waals surface area contributed by atoms with Crippen molar-refractivity contribution in [1.29, 1.82) is 0 Å². The van der Waals surface area contributed by atoms with Crippen LogP contribution in [0.3, 0.4) is 0 Å². The fraction of sp³-hybridized carbons (Fsp3) is 0. The van der Waals surface area contributed by atoms with Crippen molar-refractivity contribution < 1.29 is 0 Å². The molecule has 0 saturated heterocycles. The Hall–Kier alpha value is -1.77. The van der Waals surface area contributed by atoms with Crippen molar-refractivity contribution in [1.82, 2.24) is 9.97 Å². The highest BCUT2D eigenvalue weighted by molar-refractivity contribution is 6.42. The van der Waals surface area contributed by atoms with Gasteiger partial charge >= 0.3 is 0 Å². The lowest BCUT2D eigenvalue weighted by atomic mass is 10.2. The Morgan fingerprint density at radius 2 is 1.63 bits per heavy atom. The molecule has 2 aromatic carbocycles. The topological polar surface area (TPSA) is 28.7 Å². The van der Waals surface area contributed by atoms with Crippen LogP contribution >= 0.6 is 23.2 Å². The van der Waals surface area contributed by atoms with Crippen LogP contribution in [-0.2, 0) is 0 Å². The number of rotatable bonds is 0. The summed E-state index contributed by atoms with van der Waals surface area (Å²) in [5, 5.41) is 3.30. The standard InChI is InChI=1S/C15H8Cl2N2/c16-10-6-3-5-9-13(10)19-15-12(17)8-4-1-2-7-11(8)18-14(9)15/h1-7,19H. The summed E-state index contributed by atoms with van der Waals surface area (Å²) >= 11 is 12.7. The van der Waals surface area contributed by atoms with Crippen LogP contribution in [0.1, 0.15) is 0 Å². The molecule has 4 rings (SSSR count). The number of halogens is 2. The molecule has 0 bridgehead atoms. The molecule has 4 aromatic rings. The van der Waals surface area contributed by atoms with Crippen molar-refractivity contribution >= 4 is 56.0 Å². The van der Waals surface area contributed by atoms with Crippen molar-refractivity contribution in [3.63, 3.8) is 0 Å². The van der Waals surface area contributed by atoms with Gasteiger partial charge < -0.3 is 4.98 Å². The largest absolute Gasteiger partial charge is 0.351 e. The third kappa shape index (κ3) is 1.47. The number of nitrogens with zero attached hydrogens (tertiary/aromatic N) is 1. The molecule has 0 aliphatic carbocycles. The lowest BCUT2D eigenvalue weighted by Crippen LogP contribution is -1.82. The van der Waals surface area contributed by atoms with E-state index in [1.165, 1.54) is 0 Å². The maximum atomic E-state index is 6.48. The van der Waals surface area contributed by atoms with Gasteiger partial charge in [0.25, 0.3) is 0 Å². The summed E-state index contributed by atoms with van der Waals surface area (Å²) in [6, 6.07) is 13.6. The van der Waals surface area contributed by atoms with Crippen molar-refractivity contribution in [2.24, 2.45) is 0 Å². The van der Waals surface area contributed by atoms with Crippen LogP contribution in [0.15, 0.2) is 42.5 Å². The second-order valence-electron chi connectivity index (χ2n) is 4.45. The van der Waals surface area contributed by atoms with Gasteiger partial charge in [0, 0.05) is 10.8 Å². The summed E-state index contributed by atoms with van der Waals surface area (Å²) in [6.07, 6.45) is 0. The van der Waals surface area contributed by atoms with Gasteiger partial charge in [0.2, 0.25) is 0 Å². The zero-order valence-electron chi connectivity index (χ0n) is 9.74. The highest BCUT2D eigenvalue weighted by Crippen LogP contribution is 2.35. The summed E-state index contributed by atoms with van der Waals surface area (Å²) in [4.78, 5) is 7.97. The van der Waals surface area contributed by atoms with Gasteiger partial charge in [0.05, 0.1) is 32.1 Å². The van der Waals surface area contributed by atoms with E-state index < -0.39 is 0 Å². The minimum atomic E-state index is 0.677. The fourth-order valence-corrected chi connectivity index (χ4v) is 2.97. The Morgan fingerprint density at radius 3 is 2.53 bits per heavy atom. The molecule has 0 spiro atoms. The lowest BCUT2D eigenvalue weighted by molar-refractivity contribution is 1.49. The molecule has 2 nitrogen and oxygen atoms in total. The molecule has 2 heterocycles. The molecule has 2 aromatic heterocycles. The molecular formula is C15H8Cl2N2. The predicted molar refractivity (Wildman–Crippen MR) is 81.1 cm³/mol. The number of H-pyrrole nitrogens is 1. The first-order valence-electron chi connectivity index (χ1n) is 5.90. The van der Waals surface area contributed by atoms with E-state index in [2.05, 4.69) is 4.98 Å². The molecule has 0 fully saturated rings. The SMILES string of the molecule is Clc1cccc2c1[nH]c1c(Cl)c3ccccc3nc12. The molecule has 0 radical (unpaired) electrons. The minimum absolute atomic E-state index is 0.677. The van der Waals surface area contributed by atoms with Gasteiger partial charge in [-0.2, -0.15) is 0 Å². The Balaban J connectivity index is 2.33. The number of hydrogen-bond donors (Lipinski definition) is 1. The maximum Gasteiger partial charge on any atom is 0.0981 e. The molecule has 4 heteroatoms. The second kappa shape index (κ2) is 3.86. The zero-order chi connectivity index (χ0) is 13.0. The summed E-state index contributed by atoms with van der Waals surface area (Å²) in [5.41, 5.74) is 3.47. The quantitative estimate of drug-likeness (QED) is 0.474. The fourth-order valence-electron chi connectivity index (χ4n) is 2.45. The smallest absolute Gasteiger partial charge is 0.0981 e. The number of aromatic amines is 1. The molecule has 1 N–H and O–H groups in total. The van der Waals surface area contributed by atoms with Crippen molar-refractivity contribution in [3.8, 4) is 0 Å². The number of aromatic nitrogens is 2. The van der Waals surface area contributed by atoms with Crippen LogP contribution < -0.4 is 0 Å². The average molecular weight is 287 g/mol. The van der Waals surface area contributed by atoms with Gasteiger partial charge in [-0.3, -0.25) is 0 Å². The third-order valence-corrected chi connectivity index (χ3v) is 4.06. The molecule has 0 atom stereocenters. The normalized spacial score (nSPS) is 11.7. The van der Waals surface area contributed by atoms with E-state index in [1.54, 1.807) is 0 Å². The number of nitrogens with one attached hydrogen (secondary N) is 1. The number of para-hydroxylation sites is 2. The summed E-state index contributed by atoms with van der Waals surface area (Å²) in [7, 11) is 0. The van der Waals surface area contributed by atoms with Crippen LogP contribution in [-0.4, -0.2) is 9.97 Å². The van der Waals surface area contributed by atoms with Gasteiger partial charge in [0.15, 0.2) is 0 Å². The minimum Gasteiger partial charge on any atom is -0.351 e. The third-order valence-electron chi connectivity index (χ3n) is 3.35. The molecule has 92 valence electrons. The van der Waals surface area contributed by atoms with Crippen LogP contribution in [0.25, 0.3) is 32.8 Å². The first-order chi connectivity index (χ1) is 9.25. The highest BCUT2D eigenvalue weighted by atomic mass is 35.5. The first kappa shape index (κ1) is 11.1. The van der Waals surface area contributed by atoms with E-state index >= 15 is 0 Å². The van der Waals surface area contributed by atoms with Crippen LogP contribution in [0.2, 0.25) is 10.0 Å². The first-order valence-corrected chi connectivity index (χ1v) is 6.65. The Bertz CT molecular complexity index is 941. The van der Waals surface area contributed by atoms with Crippen LogP contribution in [0.5, 0.6) is 0 Å². The second-order valence-corrected chi connectivity index (χ2v) is 5.24. The van der Waals surface area contributed by atoms with Crippen molar-refractivity contribution in [2.45, 2.75) is 0 Å². The number of fused-ring (bicyclic) bond motifs is 4. The van der Waals surface area contributed by atoms with Crippen molar-refractivity contribution in [3.05, 3.63) is 52.5 Å². The molecule has 0 saturated carbocycles.